The molecule has 2 amide bonds. The summed E-state index contributed by atoms with van der Waals surface area (Å²) in [5.74, 6) is 0.910. The number of aromatic nitrogens is 1. The molecule has 0 aliphatic carbocycles. The van der Waals surface area contributed by atoms with Crippen molar-refractivity contribution in [2.45, 2.75) is 38.8 Å². The number of thiazole rings is 1. The van der Waals surface area contributed by atoms with Gasteiger partial charge in [0.05, 0.1) is 18.8 Å². The van der Waals surface area contributed by atoms with Gasteiger partial charge in [0.2, 0.25) is 0 Å². The van der Waals surface area contributed by atoms with Crippen LogP contribution in [0, 0.1) is 6.92 Å². The van der Waals surface area contributed by atoms with Gasteiger partial charge in [-0.15, -0.1) is 11.3 Å². The fraction of sp³-hybridized carbons (Fsp3) is 0.529. The molecule has 6 nitrogen and oxygen atoms in total. The maximum atomic E-state index is 12.1. The number of hydrogen-bond donors (Lipinski definition) is 2. The predicted molar refractivity (Wildman–Crippen MR) is 94.0 cm³/mol. The molecule has 1 aliphatic rings. The van der Waals surface area contributed by atoms with E-state index < -0.39 is 0 Å². The Hall–Kier alpha value is -1.86. The van der Waals surface area contributed by atoms with Gasteiger partial charge in [0.15, 0.2) is 0 Å². The quantitative estimate of drug-likeness (QED) is 0.842. The summed E-state index contributed by atoms with van der Waals surface area (Å²) >= 11 is 1.56. The molecule has 7 heteroatoms. The maximum absolute atomic E-state index is 12.1. The number of amides is 2. The Morgan fingerprint density at radius 3 is 2.88 bits per heavy atom. The third-order valence-electron chi connectivity index (χ3n) is 4.23. The Kier molecular flexibility index (Phi) is 5.87. The Morgan fingerprint density at radius 2 is 2.21 bits per heavy atom. The number of furan rings is 1. The van der Waals surface area contributed by atoms with Gasteiger partial charge in [-0.3, -0.25) is 4.90 Å². The maximum Gasteiger partial charge on any atom is 0.315 e. The van der Waals surface area contributed by atoms with Crippen LogP contribution in [0.25, 0.3) is 0 Å². The summed E-state index contributed by atoms with van der Waals surface area (Å²) < 4.78 is 5.59. The van der Waals surface area contributed by atoms with E-state index in [1.165, 1.54) is 19.3 Å². The zero-order valence-electron chi connectivity index (χ0n) is 14.0. The first-order valence-electron chi connectivity index (χ1n) is 8.42. The van der Waals surface area contributed by atoms with E-state index in [9.17, 15) is 4.79 Å². The summed E-state index contributed by atoms with van der Waals surface area (Å²) in [6, 6.07) is 3.80. The molecule has 130 valence electrons. The van der Waals surface area contributed by atoms with Crippen molar-refractivity contribution in [1.29, 1.82) is 0 Å². The molecule has 0 spiro atoms. The molecular formula is C17H24N4O2S. The van der Waals surface area contributed by atoms with Crippen LogP contribution in [-0.2, 0) is 6.54 Å². The molecular weight excluding hydrogens is 324 g/mol. The number of carbonyl (C=O) groups is 1. The van der Waals surface area contributed by atoms with Crippen LogP contribution in [0.1, 0.15) is 41.8 Å². The minimum atomic E-state index is -0.170. The first kappa shape index (κ1) is 17.0. The third kappa shape index (κ3) is 4.58. The number of piperidine rings is 1. The molecule has 2 aromatic heterocycles. The summed E-state index contributed by atoms with van der Waals surface area (Å²) in [7, 11) is 0. The van der Waals surface area contributed by atoms with Gasteiger partial charge in [-0.2, -0.15) is 0 Å². The zero-order chi connectivity index (χ0) is 16.8. The van der Waals surface area contributed by atoms with Gasteiger partial charge in [0.1, 0.15) is 10.8 Å². The second-order valence-corrected chi connectivity index (χ2v) is 7.02. The zero-order valence-corrected chi connectivity index (χ0v) is 14.8. The molecule has 3 rings (SSSR count). The van der Waals surface area contributed by atoms with E-state index in [0.29, 0.717) is 13.1 Å². The summed E-state index contributed by atoms with van der Waals surface area (Å²) in [5, 5.41) is 8.74. The Labute approximate surface area is 146 Å². The molecule has 1 fully saturated rings. The minimum absolute atomic E-state index is 0.0909. The molecule has 1 atom stereocenters. The second kappa shape index (κ2) is 8.30. The smallest absolute Gasteiger partial charge is 0.315 e. The van der Waals surface area contributed by atoms with Crippen LogP contribution in [0.2, 0.25) is 0 Å². The van der Waals surface area contributed by atoms with Crippen LogP contribution in [0.4, 0.5) is 4.79 Å². The van der Waals surface area contributed by atoms with Crippen molar-refractivity contribution in [3.8, 4) is 0 Å². The monoisotopic (exact) mass is 348 g/mol. The van der Waals surface area contributed by atoms with Crippen LogP contribution in [0.15, 0.2) is 28.2 Å². The van der Waals surface area contributed by atoms with Crippen molar-refractivity contribution in [3.05, 3.63) is 40.2 Å². The molecule has 0 bridgehead atoms. The lowest BCUT2D eigenvalue weighted by molar-refractivity contribution is 0.143. The highest BCUT2D eigenvalue weighted by atomic mass is 32.1. The number of rotatable bonds is 6. The average molecular weight is 348 g/mol. The van der Waals surface area contributed by atoms with E-state index in [1.54, 1.807) is 17.6 Å². The van der Waals surface area contributed by atoms with E-state index in [2.05, 4.69) is 20.5 Å². The van der Waals surface area contributed by atoms with E-state index in [-0.39, 0.29) is 12.1 Å². The molecule has 24 heavy (non-hydrogen) atoms. The number of carbonyl (C=O) groups excluding carboxylic acids is 1. The van der Waals surface area contributed by atoms with E-state index in [1.807, 2.05) is 24.4 Å². The van der Waals surface area contributed by atoms with Crippen molar-refractivity contribution >= 4 is 17.4 Å². The highest BCUT2D eigenvalue weighted by molar-refractivity contribution is 7.09. The average Bonchev–Trinajstić information content (AvgIpc) is 3.26. The van der Waals surface area contributed by atoms with Gasteiger partial charge < -0.3 is 15.1 Å². The summed E-state index contributed by atoms with van der Waals surface area (Å²) in [5.41, 5.74) is 0.986. The normalized spacial score (nSPS) is 16.7. The topological polar surface area (TPSA) is 70.4 Å². The van der Waals surface area contributed by atoms with Crippen molar-refractivity contribution in [1.82, 2.24) is 20.5 Å². The summed E-state index contributed by atoms with van der Waals surface area (Å²) in [4.78, 5) is 18.8. The van der Waals surface area contributed by atoms with Crippen LogP contribution >= 0.6 is 11.3 Å². The third-order valence-corrected chi connectivity index (χ3v) is 5.19. The van der Waals surface area contributed by atoms with E-state index in [4.69, 9.17) is 4.42 Å². The molecule has 3 heterocycles. The van der Waals surface area contributed by atoms with Crippen LogP contribution in [-0.4, -0.2) is 35.5 Å². The van der Waals surface area contributed by atoms with Gasteiger partial charge in [-0.25, -0.2) is 9.78 Å². The SMILES string of the molecule is Cc1csc(CNC(=O)NCC(c2ccco2)N2CCCCC2)n1. The first-order chi connectivity index (χ1) is 11.7. The lowest BCUT2D eigenvalue weighted by Gasteiger charge is -2.33. The molecule has 0 aromatic carbocycles. The number of likely N-dealkylation sites (tertiary alicyclic amines) is 1. The minimum Gasteiger partial charge on any atom is -0.468 e. The van der Waals surface area contributed by atoms with Gasteiger partial charge in [-0.1, -0.05) is 6.42 Å². The molecule has 0 saturated carbocycles. The Morgan fingerprint density at radius 1 is 1.38 bits per heavy atom. The van der Waals surface area contributed by atoms with Crippen LogP contribution in [0.3, 0.4) is 0 Å². The van der Waals surface area contributed by atoms with Gasteiger partial charge in [0, 0.05) is 17.6 Å². The van der Waals surface area contributed by atoms with Crippen molar-refractivity contribution < 1.29 is 9.21 Å². The highest BCUT2D eigenvalue weighted by Crippen LogP contribution is 2.24. The molecule has 1 saturated heterocycles. The lowest BCUT2D eigenvalue weighted by Crippen LogP contribution is -2.43. The number of urea groups is 1. The van der Waals surface area contributed by atoms with Gasteiger partial charge in [0.25, 0.3) is 0 Å². The Bertz CT molecular complexity index is 635. The summed E-state index contributed by atoms with van der Waals surface area (Å²) in [6.45, 7) is 5.04. The summed E-state index contributed by atoms with van der Waals surface area (Å²) in [6.07, 6.45) is 5.37. The van der Waals surface area contributed by atoms with Crippen LogP contribution in [0.5, 0.6) is 0 Å². The first-order valence-corrected chi connectivity index (χ1v) is 9.30. The van der Waals surface area contributed by atoms with Gasteiger partial charge in [-0.05, 0) is 45.0 Å². The molecule has 1 unspecified atom stereocenters. The number of hydrogen-bond acceptors (Lipinski definition) is 5. The van der Waals surface area contributed by atoms with E-state index >= 15 is 0 Å². The number of nitrogens with zero attached hydrogens (tertiary/aromatic N) is 2. The molecule has 2 aromatic rings. The largest absolute Gasteiger partial charge is 0.468 e. The Balaban J connectivity index is 1.52. The second-order valence-electron chi connectivity index (χ2n) is 6.07. The van der Waals surface area contributed by atoms with Crippen molar-refractivity contribution in [2.24, 2.45) is 0 Å². The fourth-order valence-corrected chi connectivity index (χ4v) is 3.72. The molecule has 0 radical (unpaired) electrons. The highest BCUT2D eigenvalue weighted by Gasteiger charge is 2.24. The van der Waals surface area contributed by atoms with E-state index in [0.717, 1.165) is 29.6 Å². The standard InChI is InChI=1S/C17H24N4O2S/c1-13-12-24-16(20-13)11-19-17(22)18-10-14(15-6-5-9-23-15)21-7-3-2-4-8-21/h5-6,9,12,14H,2-4,7-8,10-11H2,1H3,(H2,18,19,22). The molecule has 2 N–H and O–H groups in total. The lowest BCUT2D eigenvalue weighted by atomic mass is 10.1. The number of aryl methyl sites for hydroxylation is 1. The molecule has 1 aliphatic heterocycles. The van der Waals surface area contributed by atoms with Crippen molar-refractivity contribution in [3.63, 3.8) is 0 Å². The van der Waals surface area contributed by atoms with Crippen LogP contribution < -0.4 is 10.6 Å². The van der Waals surface area contributed by atoms with Gasteiger partial charge >= 0.3 is 6.03 Å². The number of nitrogens with one attached hydrogen (secondary N) is 2. The fourth-order valence-electron chi connectivity index (χ4n) is 3.01. The predicted octanol–water partition coefficient (Wildman–Crippen LogP) is 3.07. The van der Waals surface area contributed by atoms with Crippen molar-refractivity contribution in [2.75, 3.05) is 19.6 Å².